The van der Waals surface area contributed by atoms with Crippen molar-refractivity contribution in [1.29, 1.82) is 0 Å². The maximum atomic E-state index is 12.6. The fraction of sp³-hybridized carbons (Fsp3) is 0.643. The fourth-order valence-corrected chi connectivity index (χ4v) is 3.88. The number of methoxy groups -OCH3 is 1. The van der Waals surface area contributed by atoms with Crippen molar-refractivity contribution < 1.29 is 9.29 Å². The highest BCUT2D eigenvalue weighted by atomic mass is 32.2. The van der Waals surface area contributed by atoms with Gasteiger partial charge < -0.3 is 9.29 Å². The van der Waals surface area contributed by atoms with Gasteiger partial charge in [-0.05, 0) is 39.7 Å². The Morgan fingerprint density at radius 3 is 2.84 bits per heavy atom. The van der Waals surface area contributed by atoms with Crippen LogP contribution in [0.2, 0.25) is 0 Å². The number of rotatable bonds is 3. The molecular weight excluding hydrogens is 260 g/mol. The molecule has 0 unspecified atom stereocenters. The summed E-state index contributed by atoms with van der Waals surface area (Å²) in [7, 11) is 1.67. The van der Waals surface area contributed by atoms with Gasteiger partial charge in [-0.2, -0.15) is 0 Å². The van der Waals surface area contributed by atoms with E-state index in [9.17, 15) is 4.55 Å². The van der Waals surface area contributed by atoms with Crippen LogP contribution < -0.4 is 4.74 Å². The zero-order valence-corrected chi connectivity index (χ0v) is 12.9. The Kier molecular flexibility index (Phi) is 4.38. The molecule has 1 aliphatic rings. The summed E-state index contributed by atoms with van der Waals surface area (Å²) in [5, 5.41) is 0. The molecule has 19 heavy (non-hydrogen) atoms. The molecule has 0 saturated carbocycles. The van der Waals surface area contributed by atoms with E-state index in [1.54, 1.807) is 13.3 Å². The minimum Gasteiger partial charge on any atom is -0.597 e. The van der Waals surface area contributed by atoms with Gasteiger partial charge in [0.15, 0.2) is 0 Å². The van der Waals surface area contributed by atoms with Gasteiger partial charge in [0.2, 0.25) is 0 Å². The van der Waals surface area contributed by atoms with E-state index in [0.717, 1.165) is 30.7 Å². The summed E-state index contributed by atoms with van der Waals surface area (Å²) in [6.45, 7) is 6.91. The van der Waals surface area contributed by atoms with Crippen LogP contribution in [0.15, 0.2) is 18.5 Å². The van der Waals surface area contributed by atoms with Gasteiger partial charge in [-0.15, -0.1) is 4.31 Å². The first-order valence-electron chi connectivity index (χ1n) is 6.61. The predicted octanol–water partition coefficient (Wildman–Crippen LogP) is 2.69. The maximum Gasteiger partial charge on any atom is 0.137 e. The Labute approximate surface area is 118 Å². The molecule has 0 aromatic carbocycles. The summed E-state index contributed by atoms with van der Waals surface area (Å²) in [6, 6.07) is 2.01. The van der Waals surface area contributed by atoms with Crippen molar-refractivity contribution in [2.24, 2.45) is 0 Å². The molecule has 0 aliphatic carbocycles. The minimum absolute atomic E-state index is 0.142. The second-order valence-corrected chi connectivity index (χ2v) is 7.97. The molecule has 0 radical (unpaired) electrons. The van der Waals surface area contributed by atoms with Crippen LogP contribution in [0.1, 0.15) is 45.2 Å². The first-order valence-corrected chi connectivity index (χ1v) is 7.72. The lowest BCUT2D eigenvalue weighted by atomic mass is 10.1. The third-order valence-electron chi connectivity index (χ3n) is 3.33. The SMILES string of the molecule is COc1ccncc1[C@@H]1CCCN1[S@@+]([O-])C(C)(C)C. The van der Waals surface area contributed by atoms with Crippen LogP contribution >= 0.6 is 0 Å². The molecule has 2 atom stereocenters. The average molecular weight is 282 g/mol. The summed E-state index contributed by atoms with van der Waals surface area (Å²) in [6.07, 6.45) is 5.62. The van der Waals surface area contributed by atoms with Crippen molar-refractivity contribution in [2.75, 3.05) is 13.7 Å². The molecule has 1 aromatic heterocycles. The number of nitrogens with zero attached hydrogens (tertiary/aromatic N) is 2. The molecule has 5 heteroatoms. The van der Waals surface area contributed by atoms with Crippen molar-refractivity contribution in [2.45, 2.75) is 44.4 Å². The lowest BCUT2D eigenvalue weighted by Crippen LogP contribution is -2.42. The lowest BCUT2D eigenvalue weighted by molar-refractivity contribution is 0.357. The minimum atomic E-state index is -1.00. The normalized spacial score (nSPS) is 22.5. The predicted molar refractivity (Wildman–Crippen MR) is 77.4 cm³/mol. The topological polar surface area (TPSA) is 48.4 Å². The highest BCUT2D eigenvalue weighted by molar-refractivity contribution is 7.90. The third-order valence-corrected chi connectivity index (χ3v) is 5.24. The van der Waals surface area contributed by atoms with Gasteiger partial charge in [0.05, 0.1) is 13.2 Å². The van der Waals surface area contributed by atoms with E-state index < -0.39 is 11.4 Å². The van der Waals surface area contributed by atoms with Crippen molar-refractivity contribution in [3.05, 3.63) is 24.0 Å². The molecular formula is C14H22N2O2S. The van der Waals surface area contributed by atoms with E-state index in [2.05, 4.69) is 9.29 Å². The molecule has 1 aromatic rings. The van der Waals surface area contributed by atoms with Crippen LogP contribution in [0.3, 0.4) is 0 Å². The third kappa shape index (κ3) is 3.04. The Balaban J connectivity index is 2.28. The molecule has 1 fully saturated rings. The summed E-state index contributed by atoms with van der Waals surface area (Å²) in [4.78, 5) is 4.19. The highest BCUT2D eigenvalue weighted by Crippen LogP contribution is 2.40. The van der Waals surface area contributed by atoms with Gasteiger partial charge in [0.1, 0.15) is 10.5 Å². The molecule has 0 amide bonds. The molecule has 1 saturated heterocycles. The summed E-state index contributed by atoms with van der Waals surface area (Å²) >= 11 is -1.00. The molecule has 2 rings (SSSR count). The van der Waals surface area contributed by atoms with Crippen LogP contribution in [-0.2, 0) is 11.4 Å². The molecule has 0 spiro atoms. The number of hydrogen-bond donors (Lipinski definition) is 0. The molecule has 106 valence electrons. The maximum absolute atomic E-state index is 12.6. The highest BCUT2D eigenvalue weighted by Gasteiger charge is 2.42. The fourth-order valence-electron chi connectivity index (χ4n) is 2.43. The first-order chi connectivity index (χ1) is 8.95. The molecule has 0 N–H and O–H groups in total. The average Bonchev–Trinajstić information content (AvgIpc) is 2.85. The van der Waals surface area contributed by atoms with E-state index in [4.69, 9.17) is 4.74 Å². The standard InChI is InChI=1S/C14H22N2O2S/c1-14(2,3)19(17)16-9-5-6-12(16)11-10-15-8-7-13(11)18-4/h7-8,10,12H,5-6,9H2,1-4H3/t12-,19-/m0/s1. The van der Waals surface area contributed by atoms with Gasteiger partial charge in [0.25, 0.3) is 0 Å². The Morgan fingerprint density at radius 2 is 2.21 bits per heavy atom. The Morgan fingerprint density at radius 1 is 1.47 bits per heavy atom. The number of ether oxygens (including phenoxy) is 1. The van der Waals surface area contributed by atoms with E-state index in [-0.39, 0.29) is 10.8 Å². The van der Waals surface area contributed by atoms with Crippen LogP contribution in [0.5, 0.6) is 5.75 Å². The second kappa shape index (κ2) is 5.69. The van der Waals surface area contributed by atoms with E-state index in [1.807, 2.05) is 33.0 Å². The second-order valence-electron chi connectivity index (χ2n) is 5.78. The van der Waals surface area contributed by atoms with Crippen molar-refractivity contribution >= 4 is 11.4 Å². The summed E-state index contributed by atoms with van der Waals surface area (Å²) in [5.41, 5.74) is 1.04. The van der Waals surface area contributed by atoms with E-state index >= 15 is 0 Å². The van der Waals surface area contributed by atoms with Gasteiger partial charge in [-0.1, -0.05) is 0 Å². The van der Waals surface area contributed by atoms with Crippen molar-refractivity contribution in [1.82, 2.24) is 9.29 Å². The van der Waals surface area contributed by atoms with E-state index in [1.165, 1.54) is 0 Å². The van der Waals surface area contributed by atoms with Gasteiger partial charge in [-0.3, -0.25) is 4.98 Å². The lowest BCUT2D eigenvalue weighted by Gasteiger charge is -2.33. The van der Waals surface area contributed by atoms with Crippen molar-refractivity contribution in [3.63, 3.8) is 0 Å². The number of hydrogen-bond acceptors (Lipinski definition) is 4. The first kappa shape index (κ1) is 14.6. The largest absolute Gasteiger partial charge is 0.597 e. The molecule has 0 bridgehead atoms. The smallest absolute Gasteiger partial charge is 0.137 e. The Hall–Kier alpha value is -0.780. The zero-order chi connectivity index (χ0) is 14.0. The van der Waals surface area contributed by atoms with Crippen LogP contribution in [0.4, 0.5) is 0 Å². The van der Waals surface area contributed by atoms with Gasteiger partial charge in [-0.25, -0.2) is 0 Å². The molecule has 1 aliphatic heterocycles. The monoisotopic (exact) mass is 282 g/mol. The quantitative estimate of drug-likeness (QED) is 0.800. The van der Waals surface area contributed by atoms with Crippen molar-refractivity contribution in [3.8, 4) is 5.75 Å². The summed E-state index contributed by atoms with van der Waals surface area (Å²) < 4.78 is 19.9. The van der Waals surface area contributed by atoms with Crippen LogP contribution in [0.25, 0.3) is 0 Å². The zero-order valence-electron chi connectivity index (χ0n) is 12.0. The summed E-state index contributed by atoms with van der Waals surface area (Å²) in [5.74, 6) is 0.831. The number of aromatic nitrogens is 1. The van der Waals surface area contributed by atoms with Gasteiger partial charge >= 0.3 is 0 Å². The van der Waals surface area contributed by atoms with Crippen LogP contribution in [-0.4, -0.2) is 32.2 Å². The van der Waals surface area contributed by atoms with E-state index in [0.29, 0.717) is 0 Å². The Bertz CT molecular complexity index is 434. The van der Waals surface area contributed by atoms with Crippen LogP contribution in [0, 0.1) is 0 Å². The molecule has 4 nitrogen and oxygen atoms in total. The van der Waals surface area contributed by atoms with Gasteiger partial charge in [0, 0.05) is 35.9 Å². The molecule has 2 heterocycles. The number of pyridine rings is 1.